The summed E-state index contributed by atoms with van der Waals surface area (Å²) < 4.78 is 0. The molecule has 0 unspecified atom stereocenters. The zero-order valence-corrected chi connectivity index (χ0v) is 13.8. The normalized spacial score (nSPS) is 13.3. The quantitative estimate of drug-likeness (QED) is 0.616. The van der Waals surface area contributed by atoms with Gasteiger partial charge >= 0.3 is 5.97 Å². The molecule has 0 bridgehead atoms. The highest BCUT2D eigenvalue weighted by Crippen LogP contribution is 2.41. The first-order valence-corrected chi connectivity index (χ1v) is 8.05. The predicted molar refractivity (Wildman–Crippen MR) is 96.2 cm³/mol. The van der Waals surface area contributed by atoms with Gasteiger partial charge in [0.2, 0.25) is 0 Å². The second kappa shape index (κ2) is 5.84. The molecule has 1 aliphatic rings. The fourth-order valence-electron chi connectivity index (χ4n) is 3.34. The highest BCUT2D eigenvalue weighted by Gasteiger charge is 2.41. The number of carbonyl (C=O) groups excluding carboxylic acids is 2. The van der Waals surface area contributed by atoms with Gasteiger partial charge < -0.3 is 15.3 Å². The molecule has 0 aromatic heterocycles. The van der Waals surface area contributed by atoms with E-state index in [4.69, 9.17) is 5.11 Å². The number of imide groups is 1. The van der Waals surface area contributed by atoms with Crippen molar-refractivity contribution in [3.8, 4) is 11.5 Å². The van der Waals surface area contributed by atoms with Crippen molar-refractivity contribution in [2.24, 2.45) is 0 Å². The summed E-state index contributed by atoms with van der Waals surface area (Å²) in [5, 5.41) is 29.9. The highest BCUT2D eigenvalue weighted by atomic mass is 16.4. The summed E-state index contributed by atoms with van der Waals surface area (Å²) in [6.07, 6.45) is -0.179. The number of fused-ring (bicyclic) bond motifs is 3. The van der Waals surface area contributed by atoms with Crippen molar-refractivity contribution in [1.82, 2.24) is 0 Å². The first-order chi connectivity index (χ1) is 12.9. The third kappa shape index (κ3) is 2.48. The largest absolute Gasteiger partial charge is 0.507 e. The van der Waals surface area contributed by atoms with Crippen LogP contribution in [0.4, 0.5) is 5.69 Å². The number of phenolic OH excluding ortho intramolecular Hbond substituents is 2. The Morgan fingerprint density at radius 2 is 1.56 bits per heavy atom. The Labute approximate surface area is 152 Å². The number of phenols is 2. The minimum Gasteiger partial charge on any atom is -0.507 e. The van der Waals surface area contributed by atoms with Crippen LogP contribution in [-0.2, 0) is 11.2 Å². The van der Waals surface area contributed by atoms with Crippen molar-refractivity contribution in [3.05, 3.63) is 65.2 Å². The maximum atomic E-state index is 13.0. The van der Waals surface area contributed by atoms with Crippen LogP contribution >= 0.6 is 0 Å². The van der Waals surface area contributed by atoms with E-state index < -0.39 is 17.8 Å². The van der Waals surface area contributed by atoms with Gasteiger partial charge in [-0.3, -0.25) is 14.4 Å². The molecule has 0 saturated carbocycles. The summed E-state index contributed by atoms with van der Waals surface area (Å²) in [5.41, 5.74) is 0.554. The number of aromatic hydroxyl groups is 2. The van der Waals surface area contributed by atoms with Crippen molar-refractivity contribution in [1.29, 1.82) is 0 Å². The molecule has 0 spiro atoms. The fraction of sp³-hybridized carbons (Fsp3) is 0.0500. The van der Waals surface area contributed by atoms with Gasteiger partial charge in [0.25, 0.3) is 11.8 Å². The zero-order valence-electron chi connectivity index (χ0n) is 13.8. The molecule has 3 aromatic rings. The third-order valence-corrected chi connectivity index (χ3v) is 4.51. The molecule has 3 N–H and O–H groups in total. The van der Waals surface area contributed by atoms with E-state index in [2.05, 4.69) is 0 Å². The molecule has 1 aliphatic heterocycles. The Morgan fingerprint density at radius 1 is 0.889 bits per heavy atom. The van der Waals surface area contributed by atoms with Gasteiger partial charge in [-0.25, -0.2) is 4.90 Å². The van der Waals surface area contributed by atoms with Crippen LogP contribution in [-0.4, -0.2) is 33.1 Å². The maximum Gasteiger partial charge on any atom is 0.307 e. The molecule has 27 heavy (non-hydrogen) atoms. The highest BCUT2D eigenvalue weighted by molar-refractivity contribution is 6.39. The maximum absolute atomic E-state index is 13.0. The van der Waals surface area contributed by atoms with Gasteiger partial charge in [0.15, 0.2) is 0 Å². The van der Waals surface area contributed by atoms with Crippen molar-refractivity contribution in [2.75, 3.05) is 4.90 Å². The lowest BCUT2D eigenvalue weighted by Crippen LogP contribution is -2.29. The van der Waals surface area contributed by atoms with E-state index in [0.717, 1.165) is 4.90 Å². The molecule has 0 fully saturated rings. The number of carboxylic acid groups (broad SMARTS) is 1. The number of carboxylic acids is 1. The molecular formula is C20H13NO6. The van der Waals surface area contributed by atoms with Crippen LogP contribution in [0.15, 0.2) is 48.5 Å². The fourth-order valence-corrected chi connectivity index (χ4v) is 3.34. The Kier molecular flexibility index (Phi) is 3.59. The summed E-state index contributed by atoms with van der Waals surface area (Å²) in [7, 11) is 0. The van der Waals surface area contributed by atoms with E-state index in [9.17, 15) is 24.6 Å². The molecule has 0 aliphatic carbocycles. The van der Waals surface area contributed by atoms with Crippen LogP contribution in [0.5, 0.6) is 11.5 Å². The molecule has 7 nitrogen and oxygen atoms in total. The minimum atomic E-state index is -0.990. The Balaban J connectivity index is 1.85. The number of carbonyl (C=O) groups is 3. The van der Waals surface area contributed by atoms with Crippen LogP contribution in [0, 0.1) is 0 Å². The number of nitrogens with zero attached hydrogens (tertiary/aromatic N) is 1. The molecule has 0 atom stereocenters. The van der Waals surface area contributed by atoms with E-state index in [1.807, 2.05) is 0 Å². The van der Waals surface area contributed by atoms with Gasteiger partial charge in [0, 0.05) is 5.39 Å². The van der Waals surface area contributed by atoms with Gasteiger partial charge in [-0.2, -0.15) is 0 Å². The van der Waals surface area contributed by atoms with Crippen molar-refractivity contribution >= 4 is 34.2 Å². The van der Waals surface area contributed by atoms with Crippen molar-refractivity contribution in [2.45, 2.75) is 6.42 Å². The zero-order chi connectivity index (χ0) is 19.3. The number of hydrogen-bond acceptors (Lipinski definition) is 5. The first-order valence-electron chi connectivity index (χ1n) is 8.05. The summed E-state index contributed by atoms with van der Waals surface area (Å²) in [4.78, 5) is 37.5. The van der Waals surface area contributed by atoms with Gasteiger partial charge in [0.1, 0.15) is 11.5 Å². The predicted octanol–water partition coefficient (Wildman–Crippen LogP) is 2.68. The lowest BCUT2D eigenvalue weighted by molar-refractivity contribution is -0.136. The summed E-state index contributed by atoms with van der Waals surface area (Å²) in [6, 6.07) is 11.9. The van der Waals surface area contributed by atoms with E-state index >= 15 is 0 Å². The van der Waals surface area contributed by atoms with E-state index in [-0.39, 0.29) is 40.1 Å². The monoisotopic (exact) mass is 363 g/mol. The van der Waals surface area contributed by atoms with E-state index in [0.29, 0.717) is 10.9 Å². The molecule has 1 heterocycles. The smallest absolute Gasteiger partial charge is 0.307 e. The molecule has 0 radical (unpaired) electrons. The van der Waals surface area contributed by atoms with Gasteiger partial charge in [0.05, 0.1) is 23.2 Å². The molecule has 134 valence electrons. The summed E-state index contributed by atoms with van der Waals surface area (Å²) in [6.45, 7) is 0. The number of hydrogen-bond donors (Lipinski definition) is 3. The lowest BCUT2D eigenvalue weighted by atomic mass is 9.98. The van der Waals surface area contributed by atoms with Crippen molar-refractivity contribution in [3.63, 3.8) is 0 Å². The average molecular weight is 363 g/mol. The molecule has 2 amide bonds. The third-order valence-electron chi connectivity index (χ3n) is 4.51. The number of anilines is 1. The number of aliphatic carboxylic acids is 1. The Bertz CT molecular complexity index is 1130. The molecule has 7 heteroatoms. The van der Waals surface area contributed by atoms with Crippen LogP contribution in [0.2, 0.25) is 0 Å². The minimum absolute atomic E-state index is 0.0530. The summed E-state index contributed by atoms with van der Waals surface area (Å²) in [5.74, 6) is -2.86. The Morgan fingerprint density at radius 3 is 2.22 bits per heavy atom. The summed E-state index contributed by atoms with van der Waals surface area (Å²) >= 11 is 0. The topological polar surface area (TPSA) is 115 Å². The second-order valence-corrected chi connectivity index (χ2v) is 6.20. The van der Waals surface area contributed by atoms with E-state index in [1.165, 1.54) is 36.4 Å². The standard InChI is InChI=1S/C20H13NO6/c22-13-3-1-2-11-9-14(23)17-18(16(11)13)20(27)21(19(17)26)12-6-4-10(5-7-12)8-15(24)25/h1-7,9,22-23H,8H2,(H,24,25). The van der Waals surface area contributed by atoms with Crippen LogP contribution in [0.1, 0.15) is 26.3 Å². The van der Waals surface area contributed by atoms with Crippen LogP contribution in [0.3, 0.4) is 0 Å². The van der Waals surface area contributed by atoms with Crippen LogP contribution < -0.4 is 4.90 Å². The molecule has 4 rings (SSSR count). The SMILES string of the molecule is O=C(O)Cc1ccc(N2C(=O)c3c(O)cc4cccc(O)c4c3C2=O)cc1. The van der Waals surface area contributed by atoms with Gasteiger partial charge in [-0.15, -0.1) is 0 Å². The van der Waals surface area contributed by atoms with Gasteiger partial charge in [-0.1, -0.05) is 24.3 Å². The lowest BCUT2D eigenvalue weighted by Gasteiger charge is -2.14. The van der Waals surface area contributed by atoms with Gasteiger partial charge in [-0.05, 0) is 35.2 Å². The molecule has 3 aromatic carbocycles. The number of rotatable bonds is 3. The molecule has 0 saturated heterocycles. The van der Waals surface area contributed by atoms with Crippen molar-refractivity contribution < 1.29 is 29.7 Å². The molecular weight excluding hydrogens is 350 g/mol. The average Bonchev–Trinajstić information content (AvgIpc) is 2.87. The number of amides is 2. The Hall–Kier alpha value is -3.87. The van der Waals surface area contributed by atoms with Crippen LogP contribution in [0.25, 0.3) is 10.8 Å². The van der Waals surface area contributed by atoms with E-state index in [1.54, 1.807) is 12.1 Å². The second-order valence-electron chi connectivity index (χ2n) is 6.20. The first kappa shape index (κ1) is 16.6. The number of benzene rings is 3.